The van der Waals surface area contributed by atoms with E-state index in [9.17, 15) is 0 Å². The van der Waals surface area contributed by atoms with Gasteiger partial charge in [-0.2, -0.15) is 0 Å². The molecule has 0 aromatic carbocycles. The van der Waals surface area contributed by atoms with Crippen LogP contribution in [0.3, 0.4) is 0 Å². The van der Waals surface area contributed by atoms with Gasteiger partial charge in [-0.05, 0) is 20.3 Å². The smallest absolute Gasteiger partial charge is 0.0936 e. The zero-order valence-corrected chi connectivity index (χ0v) is 7.99. The quantitative estimate of drug-likeness (QED) is 0.593. The number of hydrogen-bond acceptors (Lipinski definition) is 3. The topological polar surface area (TPSA) is 36.0 Å². The average molecular weight is 173 g/mol. The molecule has 3 nitrogen and oxygen atoms in total. The zero-order chi connectivity index (χ0) is 8.97. The van der Waals surface area contributed by atoms with Crippen molar-refractivity contribution in [3.05, 3.63) is 0 Å². The molecular weight excluding hydrogens is 154 g/mol. The Kier molecular flexibility index (Phi) is 3.98. The fourth-order valence-electron chi connectivity index (χ4n) is 1.27. The summed E-state index contributed by atoms with van der Waals surface area (Å²) >= 11 is 0. The summed E-state index contributed by atoms with van der Waals surface area (Å²) < 4.78 is 5.16. The first kappa shape index (κ1) is 9.96. The summed E-state index contributed by atoms with van der Waals surface area (Å²) in [6.45, 7) is 7.57. The summed E-state index contributed by atoms with van der Waals surface area (Å²) in [5, 5.41) is 8.69. The Morgan fingerprint density at radius 3 is 2.67 bits per heavy atom. The summed E-state index contributed by atoms with van der Waals surface area (Å²) in [5.74, 6) is 0. The Bertz CT molecular complexity index is 124. The van der Waals surface area contributed by atoms with E-state index in [0.717, 1.165) is 26.1 Å². The van der Waals surface area contributed by atoms with Gasteiger partial charge in [0.1, 0.15) is 0 Å². The summed E-state index contributed by atoms with van der Waals surface area (Å²) in [4.78, 5) is 2.36. The van der Waals surface area contributed by atoms with Crippen LogP contribution in [0.4, 0.5) is 0 Å². The molecule has 1 N–H and O–H groups in total. The van der Waals surface area contributed by atoms with E-state index in [-0.39, 0.29) is 6.61 Å². The summed E-state index contributed by atoms with van der Waals surface area (Å²) in [6.07, 6.45) is 1.33. The zero-order valence-electron chi connectivity index (χ0n) is 7.99. The monoisotopic (exact) mass is 173 g/mol. The van der Waals surface area contributed by atoms with Gasteiger partial charge in [0.25, 0.3) is 0 Å². The van der Waals surface area contributed by atoms with Crippen molar-refractivity contribution in [2.75, 3.05) is 26.3 Å². The van der Waals surface area contributed by atoms with Crippen LogP contribution in [0.2, 0.25) is 0 Å². The van der Waals surface area contributed by atoms with E-state index in [1.807, 2.05) is 0 Å². The first-order valence-corrected chi connectivity index (χ1v) is 4.70. The molecule has 0 aromatic rings. The summed E-state index contributed by atoms with van der Waals surface area (Å²) in [6, 6.07) is 0.556. The van der Waals surface area contributed by atoms with Crippen LogP contribution in [0.5, 0.6) is 0 Å². The molecule has 0 saturated carbocycles. The van der Waals surface area contributed by atoms with Crippen molar-refractivity contribution in [3.8, 4) is 0 Å². The second kappa shape index (κ2) is 4.80. The van der Waals surface area contributed by atoms with Crippen LogP contribution in [-0.4, -0.2) is 48.5 Å². The van der Waals surface area contributed by atoms with Gasteiger partial charge in [-0.15, -0.1) is 0 Å². The van der Waals surface area contributed by atoms with Gasteiger partial charge in [-0.1, -0.05) is 0 Å². The minimum Gasteiger partial charge on any atom is -0.396 e. The maximum Gasteiger partial charge on any atom is 0.0936 e. The molecule has 1 fully saturated rings. The van der Waals surface area contributed by atoms with Crippen LogP contribution in [0, 0.1) is 0 Å². The second-order valence-corrected chi connectivity index (χ2v) is 3.62. The molecule has 0 spiro atoms. The van der Waals surface area contributed by atoms with Crippen molar-refractivity contribution in [1.29, 1.82) is 0 Å². The van der Waals surface area contributed by atoms with Gasteiger partial charge in [0.2, 0.25) is 0 Å². The molecule has 0 bridgehead atoms. The highest BCUT2D eigenvalue weighted by molar-refractivity contribution is 4.76. The number of nitrogens with zero attached hydrogens (tertiary/aromatic N) is 1. The summed E-state index contributed by atoms with van der Waals surface area (Å²) in [5.41, 5.74) is 0. The minimum absolute atomic E-state index is 0.286. The maximum absolute atomic E-state index is 8.69. The maximum atomic E-state index is 8.69. The predicted molar refractivity (Wildman–Crippen MR) is 48.2 cm³/mol. The van der Waals surface area contributed by atoms with E-state index < -0.39 is 0 Å². The Labute approximate surface area is 74.3 Å². The van der Waals surface area contributed by atoms with Gasteiger partial charge >= 0.3 is 0 Å². The van der Waals surface area contributed by atoms with Crippen molar-refractivity contribution in [2.24, 2.45) is 0 Å². The number of rotatable bonds is 6. The molecule has 1 atom stereocenters. The highest BCUT2D eigenvalue weighted by Crippen LogP contribution is 2.12. The average Bonchev–Trinajstić information content (AvgIpc) is 2.80. The normalized spacial score (nSPS) is 22.2. The third-order valence-corrected chi connectivity index (χ3v) is 2.17. The molecule has 1 heterocycles. The molecule has 0 radical (unpaired) electrons. The van der Waals surface area contributed by atoms with E-state index in [2.05, 4.69) is 18.7 Å². The Hall–Kier alpha value is -0.120. The van der Waals surface area contributed by atoms with Crippen molar-refractivity contribution in [3.63, 3.8) is 0 Å². The second-order valence-electron chi connectivity index (χ2n) is 3.62. The Morgan fingerprint density at radius 2 is 2.25 bits per heavy atom. The van der Waals surface area contributed by atoms with E-state index in [0.29, 0.717) is 12.1 Å². The number of aliphatic hydroxyl groups is 1. The predicted octanol–water partition coefficient (Wildman–Crippen LogP) is 0.478. The van der Waals surface area contributed by atoms with Crippen LogP contribution in [0.15, 0.2) is 0 Å². The molecule has 1 aliphatic rings. The molecule has 1 aliphatic heterocycles. The van der Waals surface area contributed by atoms with Crippen molar-refractivity contribution in [2.45, 2.75) is 32.4 Å². The largest absolute Gasteiger partial charge is 0.396 e. The first-order valence-electron chi connectivity index (χ1n) is 4.70. The fourth-order valence-corrected chi connectivity index (χ4v) is 1.27. The van der Waals surface area contributed by atoms with Crippen molar-refractivity contribution in [1.82, 2.24) is 4.90 Å². The molecule has 0 aliphatic carbocycles. The number of epoxide rings is 1. The van der Waals surface area contributed by atoms with Crippen LogP contribution in [0.1, 0.15) is 20.3 Å². The van der Waals surface area contributed by atoms with Crippen LogP contribution in [0.25, 0.3) is 0 Å². The van der Waals surface area contributed by atoms with Crippen LogP contribution >= 0.6 is 0 Å². The summed E-state index contributed by atoms with van der Waals surface area (Å²) in [7, 11) is 0. The van der Waals surface area contributed by atoms with E-state index in [1.54, 1.807) is 0 Å². The number of ether oxygens (including phenoxy) is 1. The van der Waals surface area contributed by atoms with Gasteiger partial charge in [0.15, 0.2) is 0 Å². The third kappa shape index (κ3) is 3.52. The lowest BCUT2D eigenvalue weighted by atomic mass is 10.2. The highest BCUT2D eigenvalue weighted by atomic mass is 16.6. The molecule has 72 valence electrons. The van der Waals surface area contributed by atoms with Crippen LogP contribution in [-0.2, 0) is 4.74 Å². The van der Waals surface area contributed by atoms with E-state index in [4.69, 9.17) is 9.84 Å². The Morgan fingerprint density at radius 1 is 1.58 bits per heavy atom. The molecule has 12 heavy (non-hydrogen) atoms. The molecule has 0 amide bonds. The minimum atomic E-state index is 0.286. The van der Waals surface area contributed by atoms with Crippen molar-refractivity contribution < 1.29 is 9.84 Å². The number of hydrogen-bond donors (Lipinski definition) is 1. The van der Waals surface area contributed by atoms with Crippen molar-refractivity contribution >= 4 is 0 Å². The van der Waals surface area contributed by atoms with Gasteiger partial charge in [-0.25, -0.2) is 0 Å². The van der Waals surface area contributed by atoms with E-state index in [1.165, 1.54) is 0 Å². The lowest BCUT2D eigenvalue weighted by Crippen LogP contribution is -2.35. The number of aliphatic hydroxyl groups excluding tert-OH is 1. The lowest BCUT2D eigenvalue weighted by Gasteiger charge is -2.25. The molecule has 0 aromatic heterocycles. The third-order valence-electron chi connectivity index (χ3n) is 2.17. The molecule has 1 unspecified atom stereocenters. The Balaban J connectivity index is 2.16. The molecule has 1 saturated heterocycles. The van der Waals surface area contributed by atoms with Gasteiger partial charge in [0.05, 0.1) is 12.7 Å². The fraction of sp³-hybridized carbons (Fsp3) is 1.00. The SMILES string of the molecule is CC(C)N(CCCO)CC1CO1. The van der Waals surface area contributed by atoms with Crippen LogP contribution < -0.4 is 0 Å². The first-order chi connectivity index (χ1) is 5.74. The molecule has 3 heteroatoms. The highest BCUT2D eigenvalue weighted by Gasteiger charge is 2.26. The molecular formula is C9H19NO2. The standard InChI is InChI=1S/C9H19NO2/c1-8(2)10(4-3-5-11)6-9-7-12-9/h8-9,11H,3-7H2,1-2H3. The lowest BCUT2D eigenvalue weighted by molar-refractivity contribution is 0.177. The van der Waals surface area contributed by atoms with Gasteiger partial charge in [-0.3, -0.25) is 4.90 Å². The van der Waals surface area contributed by atoms with Gasteiger partial charge < -0.3 is 9.84 Å². The van der Waals surface area contributed by atoms with Gasteiger partial charge in [0, 0.05) is 25.7 Å². The van der Waals surface area contributed by atoms with E-state index >= 15 is 0 Å². The molecule has 1 rings (SSSR count).